The van der Waals surface area contributed by atoms with Crippen molar-refractivity contribution in [1.82, 2.24) is 9.80 Å². The number of likely N-dealkylation sites (tertiary alicyclic amines) is 1. The summed E-state index contributed by atoms with van der Waals surface area (Å²) in [7, 11) is 0. The van der Waals surface area contributed by atoms with Gasteiger partial charge in [0.15, 0.2) is 0 Å². The second-order valence-electron chi connectivity index (χ2n) is 4.52. The predicted octanol–water partition coefficient (Wildman–Crippen LogP) is -0.324. The molecular formula is C12H24N2O3. The standard InChI is InChI=1S/C12H24N2O3/c15-9-7-14(8-10-16)12(17)11-13-5-3-1-2-4-6-13/h15-16H,1-11H2. The van der Waals surface area contributed by atoms with Crippen molar-refractivity contribution >= 4 is 5.91 Å². The first-order chi connectivity index (χ1) is 8.27. The average molecular weight is 244 g/mol. The average Bonchev–Trinajstić information content (AvgIpc) is 2.57. The highest BCUT2D eigenvalue weighted by Gasteiger charge is 2.17. The zero-order valence-corrected chi connectivity index (χ0v) is 10.5. The van der Waals surface area contributed by atoms with E-state index in [1.165, 1.54) is 17.7 Å². The van der Waals surface area contributed by atoms with Gasteiger partial charge in [-0.3, -0.25) is 9.69 Å². The molecule has 0 saturated carbocycles. The molecule has 5 heteroatoms. The zero-order valence-electron chi connectivity index (χ0n) is 10.5. The maximum atomic E-state index is 12.0. The Bertz CT molecular complexity index is 210. The highest BCUT2D eigenvalue weighted by Crippen LogP contribution is 2.09. The van der Waals surface area contributed by atoms with E-state index in [1.807, 2.05) is 0 Å². The van der Waals surface area contributed by atoms with Gasteiger partial charge in [0.2, 0.25) is 5.91 Å². The quantitative estimate of drug-likeness (QED) is 0.672. The molecule has 5 nitrogen and oxygen atoms in total. The fraction of sp³-hybridized carbons (Fsp3) is 0.917. The molecule has 17 heavy (non-hydrogen) atoms. The lowest BCUT2D eigenvalue weighted by molar-refractivity contribution is -0.133. The minimum Gasteiger partial charge on any atom is -0.395 e. The molecular weight excluding hydrogens is 220 g/mol. The molecule has 1 rings (SSSR count). The number of aliphatic hydroxyl groups excluding tert-OH is 2. The van der Waals surface area contributed by atoms with Crippen LogP contribution in [0.3, 0.4) is 0 Å². The van der Waals surface area contributed by atoms with Crippen molar-refractivity contribution in [3.63, 3.8) is 0 Å². The van der Waals surface area contributed by atoms with Gasteiger partial charge in [0, 0.05) is 13.1 Å². The van der Waals surface area contributed by atoms with E-state index in [2.05, 4.69) is 4.90 Å². The van der Waals surface area contributed by atoms with Crippen LogP contribution >= 0.6 is 0 Å². The van der Waals surface area contributed by atoms with Gasteiger partial charge in [0.1, 0.15) is 0 Å². The third-order valence-electron chi connectivity index (χ3n) is 3.15. The molecule has 0 bridgehead atoms. The Labute approximate surface area is 103 Å². The highest BCUT2D eigenvalue weighted by molar-refractivity contribution is 5.78. The summed E-state index contributed by atoms with van der Waals surface area (Å²) in [6.45, 7) is 2.91. The van der Waals surface area contributed by atoms with Crippen molar-refractivity contribution in [3.05, 3.63) is 0 Å². The number of nitrogens with zero attached hydrogens (tertiary/aromatic N) is 2. The van der Waals surface area contributed by atoms with E-state index >= 15 is 0 Å². The van der Waals surface area contributed by atoms with Crippen LogP contribution in [0.15, 0.2) is 0 Å². The fourth-order valence-corrected chi connectivity index (χ4v) is 2.19. The van der Waals surface area contributed by atoms with Gasteiger partial charge in [-0.15, -0.1) is 0 Å². The van der Waals surface area contributed by atoms with E-state index < -0.39 is 0 Å². The van der Waals surface area contributed by atoms with Crippen molar-refractivity contribution in [2.45, 2.75) is 25.7 Å². The van der Waals surface area contributed by atoms with Gasteiger partial charge < -0.3 is 15.1 Å². The van der Waals surface area contributed by atoms with Gasteiger partial charge in [-0.05, 0) is 25.9 Å². The Hall–Kier alpha value is -0.650. The summed E-state index contributed by atoms with van der Waals surface area (Å²) < 4.78 is 0. The first-order valence-electron chi connectivity index (χ1n) is 6.49. The number of hydrogen-bond acceptors (Lipinski definition) is 4. The Kier molecular flexibility index (Phi) is 7.16. The van der Waals surface area contributed by atoms with Crippen LogP contribution in [0, 0.1) is 0 Å². The van der Waals surface area contributed by atoms with Crippen LogP contribution in [0.2, 0.25) is 0 Å². The summed E-state index contributed by atoms with van der Waals surface area (Å²) >= 11 is 0. The molecule has 0 aromatic heterocycles. The summed E-state index contributed by atoms with van der Waals surface area (Å²) in [5.41, 5.74) is 0. The van der Waals surface area contributed by atoms with Crippen LogP contribution in [0.4, 0.5) is 0 Å². The van der Waals surface area contributed by atoms with E-state index in [4.69, 9.17) is 10.2 Å². The molecule has 1 aliphatic rings. The Morgan fingerprint density at radius 2 is 1.53 bits per heavy atom. The summed E-state index contributed by atoms with van der Waals surface area (Å²) in [5.74, 6) is 0.00926. The first kappa shape index (κ1) is 14.4. The lowest BCUT2D eigenvalue weighted by atomic mass is 10.2. The molecule has 0 aromatic rings. The highest BCUT2D eigenvalue weighted by atomic mass is 16.3. The maximum Gasteiger partial charge on any atom is 0.236 e. The van der Waals surface area contributed by atoms with E-state index in [0.717, 1.165) is 25.9 Å². The molecule has 0 aliphatic carbocycles. The number of aliphatic hydroxyl groups is 2. The van der Waals surface area contributed by atoms with Gasteiger partial charge in [0.05, 0.1) is 19.8 Å². The number of carbonyl (C=O) groups is 1. The van der Waals surface area contributed by atoms with Crippen LogP contribution in [0.5, 0.6) is 0 Å². The Morgan fingerprint density at radius 3 is 2.00 bits per heavy atom. The monoisotopic (exact) mass is 244 g/mol. The van der Waals surface area contributed by atoms with Gasteiger partial charge in [-0.2, -0.15) is 0 Å². The molecule has 0 atom stereocenters. The van der Waals surface area contributed by atoms with Crippen molar-refractivity contribution in [2.75, 3.05) is 45.9 Å². The molecule has 1 fully saturated rings. The summed E-state index contributed by atoms with van der Waals surface area (Å²) in [6.07, 6.45) is 4.82. The molecule has 0 aromatic carbocycles. The van der Waals surface area contributed by atoms with Crippen LogP contribution in [-0.2, 0) is 4.79 Å². The molecule has 2 N–H and O–H groups in total. The SMILES string of the molecule is O=C(CN1CCCCCC1)N(CCO)CCO. The fourth-order valence-electron chi connectivity index (χ4n) is 2.19. The maximum absolute atomic E-state index is 12.0. The molecule has 0 radical (unpaired) electrons. The number of amides is 1. The van der Waals surface area contributed by atoms with E-state index in [9.17, 15) is 4.79 Å². The number of carbonyl (C=O) groups excluding carboxylic acids is 1. The second-order valence-corrected chi connectivity index (χ2v) is 4.52. The molecule has 1 heterocycles. The van der Waals surface area contributed by atoms with Crippen LogP contribution in [-0.4, -0.2) is 71.9 Å². The molecule has 0 unspecified atom stereocenters. The molecule has 1 aliphatic heterocycles. The third kappa shape index (κ3) is 5.48. The number of hydrogen-bond donors (Lipinski definition) is 2. The topological polar surface area (TPSA) is 64.0 Å². The number of rotatable bonds is 6. The molecule has 0 spiro atoms. The van der Waals surface area contributed by atoms with Crippen molar-refractivity contribution in [2.24, 2.45) is 0 Å². The normalized spacial score (nSPS) is 17.8. The van der Waals surface area contributed by atoms with Crippen molar-refractivity contribution in [3.8, 4) is 0 Å². The summed E-state index contributed by atoms with van der Waals surface area (Å²) in [5, 5.41) is 17.7. The predicted molar refractivity (Wildman–Crippen MR) is 65.7 cm³/mol. The molecule has 1 amide bonds. The minimum atomic E-state index is -0.0499. The Balaban J connectivity index is 2.38. The van der Waals surface area contributed by atoms with E-state index in [-0.39, 0.29) is 19.1 Å². The lowest BCUT2D eigenvalue weighted by Crippen LogP contribution is -2.43. The smallest absolute Gasteiger partial charge is 0.236 e. The third-order valence-corrected chi connectivity index (χ3v) is 3.15. The largest absolute Gasteiger partial charge is 0.395 e. The van der Waals surface area contributed by atoms with E-state index in [1.54, 1.807) is 0 Å². The summed E-state index contributed by atoms with van der Waals surface area (Å²) in [4.78, 5) is 15.7. The van der Waals surface area contributed by atoms with Crippen LogP contribution in [0.25, 0.3) is 0 Å². The lowest BCUT2D eigenvalue weighted by Gasteiger charge is -2.25. The Morgan fingerprint density at radius 1 is 1.00 bits per heavy atom. The van der Waals surface area contributed by atoms with Gasteiger partial charge >= 0.3 is 0 Å². The first-order valence-corrected chi connectivity index (χ1v) is 6.49. The van der Waals surface area contributed by atoms with Gasteiger partial charge in [0.25, 0.3) is 0 Å². The second kappa shape index (κ2) is 8.44. The van der Waals surface area contributed by atoms with Gasteiger partial charge in [-0.1, -0.05) is 12.8 Å². The molecule has 1 saturated heterocycles. The zero-order chi connectivity index (χ0) is 12.5. The van der Waals surface area contributed by atoms with E-state index in [0.29, 0.717) is 19.6 Å². The van der Waals surface area contributed by atoms with Crippen molar-refractivity contribution < 1.29 is 15.0 Å². The molecule has 100 valence electrons. The van der Waals surface area contributed by atoms with Gasteiger partial charge in [-0.25, -0.2) is 0 Å². The van der Waals surface area contributed by atoms with Crippen molar-refractivity contribution in [1.29, 1.82) is 0 Å². The minimum absolute atomic E-state index is 0.00926. The van der Waals surface area contributed by atoms with Crippen LogP contribution < -0.4 is 0 Å². The summed E-state index contributed by atoms with van der Waals surface area (Å²) in [6, 6.07) is 0. The van der Waals surface area contributed by atoms with Crippen LogP contribution in [0.1, 0.15) is 25.7 Å².